The maximum atomic E-state index is 11.3. The van der Waals surface area contributed by atoms with Gasteiger partial charge in [0, 0.05) is 19.0 Å². The fourth-order valence-corrected chi connectivity index (χ4v) is 2.31. The van der Waals surface area contributed by atoms with E-state index in [4.69, 9.17) is 16.3 Å². The topological polar surface area (TPSA) is 130 Å². The Morgan fingerprint density at radius 2 is 1.80 bits per heavy atom. The Bertz CT molecular complexity index is 370. The van der Waals surface area contributed by atoms with Crippen LogP contribution in [0.3, 0.4) is 0 Å². The van der Waals surface area contributed by atoms with Crippen molar-refractivity contribution in [2.45, 2.75) is 12.8 Å². The van der Waals surface area contributed by atoms with Crippen LogP contribution in [0.1, 0.15) is 12.8 Å². The molecule has 0 aliphatic carbocycles. The summed E-state index contributed by atoms with van der Waals surface area (Å²) in [7, 11) is -3.66. The third-order valence-corrected chi connectivity index (χ3v) is 3.53. The van der Waals surface area contributed by atoms with Crippen LogP contribution in [0.4, 0.5) is 0 Å². The molecule has 1 aliphatic rings. The summed E-state index contributed by atoms with van der Waals surface area (Å²) in [5, 5.41) is 11.9. The fourth-order valence-electron chi connectivity index (χ4n) is 1.59. The smallest absolute Gasteiger partial charge is 0.276 e. The fraction of sp³-hybridized carbons (Fsp3) is 0.714. The van der Waals surface area contributed by atoms with Gasteiger partial charge in [-0.25, -0.2) is 5.14 Å². The van der Waals surface area contributed by atoms with Crippen LogP contribution in [-0.4, -0.2) is 37.4 Å². The molecule has 0 bridgehead atoms. The van der Waals surface area contributed by atoms with E-state index in [1.54, 1.807) is 0 Å². The Hall–Kier alpha value is -0.990. The van der Waals surface area contributed by atoms with E-state index in [0.717, 1.165) is 4.31 Å². The van der Waals surface area contributed by atoms with E-state index in [0.29, 0.717) is 12.8 Å². The van der Waals surface area contributed by atoms with Crippen LogP contribution >= 0.6 is 0 Å². The number of nitrogens with zero attached hydrogens (tertiary/aromatic N) is 1. The number of Topliss-reactive ketones (excluding diaryl/α,β-unsaturated/α-hetero) is 1. The Labute approximate surface area is 88.1 Å². The van der Waals surface area contributed by atoms with Gasteiger partial charge in [0.2, 0.25) is 0 Å². The Morgan fingerprint density at radius 3 is 2.13 bits per heavy atom. The number of nitrogens with one attached hydrogen (secondary N) is 1. The van der Waals surface area contributed by atoms with Gasteiger partial charge in [0.05, 0.1) is 0 Å². The third-order valence-electron chi connectivity index (χ3n) is 2.45. The molecular weight excluding hydrogens is 220 g/mol. The van der Waals surface area contributed by atoms with E-state index in [1.165, 1.54) is 0 Å². The van der Waals surface area contributed by atoms with Gasteiger partial charge in [0.25, 0.3) is 10.2 Å². The molecule has 5 N–H and O–H groups in total. The van der Waals surface area contributed by atoms with Gasteiger partial charge in [-0.05, 0) is 12.8 Å². The molecular formula is C7H14N4O3S. The molecule has 0 atom stereocenters. The van der Waals surface area contributed by atoms with Crippen LogP contribution in [0, 0.1) is 11.3 Å². The SMILES string of the molecule is N=C(N)C(=O)C1CCN(S(N)(=O)=O)CC1. The van der Waals surface area contributed by atoms with Gasteiger partial charge < -0.3 is 5.73 Å². The molecule has 86 valence electrons. The standard InChI is InChI=1S/C7H14N4O3S/c8-7(9)6(12)5-1-3-11(4-2-5)15(10,13)14/h5H,1-4H2,(H3,8,9)(H2,10,13,14). The van der Waals surface area contributed by atoms with Gasteiger partial charge in [-0.3, -0.25) is 10.2 Å². The number of rotatable bonds is 3. The monoisotopic (exact) mass is 234 g/mol. The molecule has 0 aromatic heterocycles. The summed E-state index contributed by atoms with van der Waals surface area (Å²) in [4.78, 5) is 11.3. The number of piperidine rings is 1. The number of hydrogen-bond acceptors (Lipinski definition) is 4. The molecule has 0 aromatic carbocycles. The quantitative estimate of drug-likeness (QED) is 0.401. The van der Waals surface area contributed by atoms with Crippen molar-refractivity contribution < 1.29 is 13.2 Å². The summed E-state index contributed by atoms with van der Waals surface area (Å²) in [6.07, 6.45) is 0.740. The van der Waals surface area contributed by atoms with Crippen molar-refractivity contribution in [1.29, 1.82) is 5.41 Å². The first-order valence-electron chi connectivity index (χ1n) is 4.48. The minimum absolute atomic E-state index is 0.211. The largest absolute Gasteiger partial charge is 0.381 e. The average Bonchev–Trinajstić information content (AvgIpc) is 2.15. The first kappa shape index (κ1) is 12.1. The summed E-state index contributed by atoms with van der Waals surface area (Å²) in [5.41, 5.74) is 5.06. The van der Waals surface area contributed by atoms with Gasteiger partial charge in [-0.15, -0.1) is 0 Å². The zero-order chi connectivity index (χ0) is 11.6. The number of carbonyl (C=O) groups excluding carboxylic acids is 1. The molecule has 0 spiro atoms. The highest BCUT2D eigenvalue weighted by Crippen LogP contribution is 2.19. The van der Waals surface area contributed by atoms with Crippen molar-refractivity contribution in [2.75, 3.05) is 13.1 Å². The van der Waals surface area contributed by atoms with Gasteiger partial charge in [0.15, 0.2) is 11.6 Å². The van der Waals surface area contributed by atoms with Crippen molar-refractivity contribution in [3.05, 3.63) is 0 Å². The van der Waals surface area contributed by atoms with Gasteiger partial charge in [-0.2, -0.15) is 12.7 Å². The molecule has 7 nitrogen and oxygen atoms in total. The molecule has 0 aromatic rings. The van der Waals surface area contributed by atoms with Crippen LogP contribution in [-0.2, 0) is 15.0 Å². The molecule has 1 saturated heterocycles. The first-order chi connectivity index (χ1) is 6.82. The van der Waals surface area contributed by atoms with E-state index in [2.05, 4.69) is 0 Å². The zero-order valence-corrected chi connectivity index (χ0v) is 8.96. The molecule has 1 aliphatic heterocycles. The van der Waals surface area contributed by atoms with Crippen molar-refractivity contribution >= 4 is 21.8 Å². The highest BCUT2D eigenvalue weighted by atomic mass is 32.2. The van der Waals surface area contributed by atoms with Gasteiger partial charge in [0.1, 0.15) is 0 Å². The highest BCUT2D eigenvalue weighted by molar-refractivity contribution is 7.86. The Balaban J connectivity index is 2.57. The maximum Gasteiger partial charge on any atom is 0.276 e. The van der Waals surface area contributed by atoms with Gasteiger partial charge in [-0.1, -0.05) is 0 Å². The zero-order valence-electron chi connectivity index (χ0n) is 8.14. The van der Waals surface area contributed by atoms with Crippen molar-refractivity contribution in [3.8, 4) is 0 Å². The lowest BCUT2D eigenvalue weighted by Gasteiger charge is -2.28. The van der Waals surface area contributed by atoms with E-state index in [-0.39, 0.29) is 19.0 Å². The third kappa shape index (κ3) is 2.98. The summed E-state index contributed by atoms with van der Waals surface area (Å²) < 4.78 is 23.0. The lowest BCUT2D eigenvalue weighted by atomic mass is 9.93. The molecule has 0 saturated carbocycles. The Morgan fingerprint density at radius 1 is 1.33 bits per heavy atom. The van der Waals surface area contributed by atoms with Crippen LogP contribution in [0.25, 0.3) is 0 Å². The van der Waals surface area contributed by atoms with Crippen LogP contribution in [0.15, 0.2) is 0 Å². The van der Waals surface area contributed by atoms with E-state index < -0.39 is 21.8 Å². The summed E-state index contributed by atoms with van der Waals surface area (Å²) in [6, 6.07) is 0. The van der Waals surface area contributed by atoms with Gasteiger partial charge >= 0.3 is 0 Å². The molecule has 1 fully saturated rings. The molecule has 15 heavy (non-hydrogen) atoms. The number of hydrogen-bond donors (Lipinski definition) is 3. The molecule has 0 unspecified atom stereocenters. The van der Waals surface area contributed by atoms with E-state index >= 15 is 0 Å². The lowest BCUT2D eigenvalue weighted by Crippen LogP contribution is -2.45. The summed E-state index contributed by atoms with van der Waals surface area (Å²) >= 11 is 0. The second kappa shape index (κ2) is 4.25. The second-order valence-electron chi connectivity index (χ2n) is 3.50. The molecule has 0 amide bonds. The number of nitrogens with two attached hydrogens (primary N) is 2. The predicted octanol–water partition coefficient (Wildman–Crippen LogP) is -1.59. The molecule has 1 rings (SSSR count). The molecule has 0 radical (unpaired) electrons. The van der Waals surface area contributed by atoms with Crippen molar-refractivity contribution in [3.63, 3.8) is 0 Å². The highest BCUT2D eigenvalue weighted by Gasteiger charge is 2.30. The van der Waals surface area contributed by atoms with E-state index in [1.807, 2.05) is 0 Å². The van der Waals surface area contributed by atoms with Crippen LogP contribution < -0.4 is 10.9 Å². The van der Waals surface area contributed by atoms with E-state index in [9.17, 15) is 13.2 Å². The number of ketones is 1. The van der Waals surface area contributed by atoms with Crippen LogP contribution in [0.2, 0.25) is 0 Å². The average molecular weight is 234 g/mol. The maximum absolute atomic E-state index is 11.3. The molecule has 8 heteroatoms. The number of carbonyl (C=O) groups is 1. The minimum atomic E-state index is -3.66. The van der Waals surface area contributed by atoms with Crippen molar-refractivity contribution in [1.82, 2.24) is 4.31 Å². The normalized spacial score (nSPS) is 20.1. The lowest BCUT2D eigenvalue weighted by molar-refractivity contribution is -0.117. The summed E-state index contributed by atoms with van der Waals surface area (Å²) in [6.45, 7) is 0.422. The summed E-state index contributed by atoms with van der Waals surface area (Å²) in [5.74, 6) is -1.23. The second-order valence-corrected chi connectivity index (χ2v) is 5.04. The number of amidine groups is 1. The molecule has 1 heterocycles. The Kier molecular flexibility index (Phi) is 3.42. The first-order valence-corrected chi connectivity index (χ1v) is 5.99. The predicted molar refractivity (Wildman–Crippen MR) is 54.3 cm³/mol. The van der Waals surface area contributed by atoms with Crippen LogP contribution in [0.5, 0.6) is 0 Å². The van der Waals surface area contributed by atoms with Crippen molar-refractivity contribution in [2.24, 2.45) is 16.8 Å². The minimum Gasteiger partial charge on any atom is -0.381 e.